The maximum atomic E-state index is 14.6. The van der Waals surface area contributed by atoms with Gasteiger partial charge >= 0.3 is 5.97 Å². The molecule has 6 bridgehead atoms. The number of amides is 3. The number of cyclic esters (lactones) is 1. The number of pyridine rings is 1. The lowest BCUT2D eigenvalue weighted by Gasteiger charge is -2.39. The fourth-order valence-electron chi connectivity index (χ4n) is 9.48. The standard InChI is InChI=1S/C48H63N7O7/c1-9-54-40-17-14-30-24-35(40)36(43(54)34-12-10-18-50-41(34)28(4)61-8)25-48(5,6)26-62-47(60)38-13-11-19-55(52-38)46(59)39(22-29-20-31(30)23-32(56)21-29)51-44(57)42(27(2)3)53(7)45(58)33-15-16-37(33)49/h10,12,14,17-18,20-21,23-24,27-28,33,37-39,42,52,56H,9,11,13,15-16,19,22,25-26,49H2,1-8H3,(H,51,57)/t28-,33-,37-,38-,39-,42?/m0/s1. The van der Waals surface area contributed by atoms with Crippen LogP contribution in [0, 0.1) is 17.3 Å². The van der Waals surface area contributed by atoms with E-state index in [-0.39, 0.29) is 48.7 Å². The minimum atomic E-state index is -1.12. The van der Waals surface area contributed by atoms with Gasteiger partial charge in [0.25, 0.3) is 5.91 Å². The van der Waals surface area contributed by atoms with Crippen LogP contribution in [0.1, 0.15) is 90.2 Å². The van der Waals surface area contributed by atoms with Crippen molar-refractivity contribution >= 4 is 34.6 Å². The molecule has 5 N–H and O–H groups in total. The van der Waals surface area contributed by atoms with Crippen molar-refractivity contribution in [1.82, 2.24) is 30.2 Å². The third-order valence-corrected chi connectivity index (χ3v) is 13.0. The Morgan fingerprint density at radius 3 is 2.55 bits per heavy atom. The summed E-state index contributed by atoms with van der Waals surface area (Å²) in [6.45, 7) is 13.1. The summed E-state index contributed by atoms with van der Waals surface area (Å²) in [5.41, 5.74) is 15.8. The quantitative estimate of drug-likeness (QED) is 0.153. The number of nitrogens with two attached hydrogens (primary N) is 1. The average molecular weight is 850 g/mol. The number of ether oxygens (including phenoxy) is 2. The van der Waals surface area contributed by atoms with Gasteiger partial charge in [-0.1, -0.05) is 39.8 Å². The summed E-state index contributed by atoms with van der Waals surface area (Å²) in [5.74, 6) is -2.22. The largest absolute Gasteiger partial charge is 0.508 e. The number of hydrazine groups is 1. The Morgan fingerprint density at radius 2 is 1.87 bits per heavy atom. The topological polar surface area (TPSA) is 181 Å². The summed E-state index contributed by atoms with van der Waals surface area (Å²) in [7, 11) is 3.29. The van der Waals surface area contributed by atoms with E-state index < -0.39 is 41.3 Å². The summed E-state index contributed by atoms with van der Waals surface area (Å²) in [6.07, 6.45) is 4.49. The van der Waals surface area contributed by atoms with Crippen LogP contribution in [0.25, 0.3) is 33.3 Å². The smallest absolute Gasteiger partial charge is 0.324 e. The number of benzene rings is 2. The number of nitrogens with zero attached hydrogens (tertiary/aromatic N) is 4. The first-order chi connectivity index (χ1) is 29.5. The predicted molar refractivity (Wildman–Crippen MR) is 237 cm³/mol. The number of hydrogen-bond donors (Lipinski definition) is 4. The zero-order valence-electron chi connectivity index (χ0n) is 37.4. The minimum Gasteiger partial charge on any atom is -0.508 e. The van der Waals surface area contributed by atoms with Crippen LogP contribution in [-0.4, -0.2) is 99.7 Å². The highest BCUT2D eigenvalue weighted by molar-refractivity contribution is 5.96. The molecule has 4 heterocycles. The number of hydrogen-bond acceptors (Lipinski definition) is 10. The molecule has 2 aromatic carbocycles. The number of esters is 1. The van der Waals surface area contributed by atoms with Crippen molar-refractivity contribution in [3.63, 3.8) is 0 Å². The highest BCUT2D eigenvalue weighted by atomic mass is 16.5. The van der Waals surface area contributed by atoms with E-state index in [1.165, 1.54) is 9.91 Å². The average Bonchev–Trinajstić information content (AvgIpc) is 3.54. The van der Waals surface area contributed by atoms with Crippen molar-refractivity contribution in [2.45, 2.75) is 117 Å². The molecular formula is C48H63N7O7. The second-order valence-electron chi connectivity index (χ2n) is 18.5. The summed E-state index contributed by atoms with van der Waals surface area (Å²) in [5, 5.41) is 16.7. The van der Waals surface area contributed by atoms with Crippen molar-refractivity contribution < 1.29 is 33.8 Å². The number of aromatic hydroxyl groups is 1. The Labute approximate surface area is 364 Å². The molecule has 4 aromatic rings. The third-order valence-electron chi connectivity index (χ3n) is 13.0. The monoisotopic (exact) mass is 849 g/mol. The Balaban J connectivity index is 1.35. The summed E-state index contributed by atoms with van der Waals surface area (Å²) in [4.78, 5) is 62.6. The van der Waals surface area contributed by atoms with Gasteiger partial charge in [0.2, 0.25) is 11.8 Å². The second-order valence-corrected chi connectivity index (χ2v) is 18.5. The van der Waals surface area contributed by atoms with Crippen LogP contribution in [0.2, 0.25) is 0 Å². The molecule has 1 saturated carbocycles. The number of methoxy groups -OCH3 is 1. The molecule has 0 radical (unpaired) electrons. The first kappa shape index (κ1) is 44.7. The van der Waals surface area contributed by atoms with Crippen molar-refractivity contribution in [1.29, 1.82) is 0 Å². The normalized spacial score (nSPS) is 22.6. The lowest BCUT2D eigenvalue weighted by Crippen LogP contribution is -2.62. The first-order valence-corrected chi connectivity index (χ1v) is 22.0. The van der Waals surface area contributed by atoms with E-state index in [0.717, 1.165) is 51.0 Å². The van der Waals surface area contributed by atoms with E-state index in [2.05, 4.69) is 54.3 Å². The van der Waals surface area contributed by atoms with Gasteiger partial charge in [-0.3, -0.25) is 29.2 Å². The highest BCUT2D eigenvalue weighted by Gasteiger charge is 2.41. The van der Waals surface area contributed by atoms with Gasteiger partial charge in [-0.2, -0.15) is 0 Å². The Kier molecular flexibility index (Phi) is 13.1. The van der Waals surface area contributed by atoms with Crippen LogP contribution in [0.5, 0.6) is 5.75 Å². The van der Waals surface area contributed by atoms with E-state index in [1.54, 1.807) is 32.5 Å². The molecule has 0 spiro atoms. The van der Waals surface area contributed by atoms with Gasteiger partial charge < -0.3 is 35.1 Å². The number of fused-ring (bicyclic) bond motifs is 6. The lowest BCUT2D eigenvalue weighted by molar-refractivity contribution is -0.155. The van der Waals surface area contributed by atoms with Gasteiger partial charge in [0.05, 0.1) is 30.0 Å². The van der Waals surface area contributed by atoms with E-state index in [1.807, 2.05) is 39.0 Å². The van der Waals surface area contributed by atoms with E-state index in [9.17, 15) is 24.3 Å². The van der Waals surface area contributed by atoms with Gasteiger partial charge in [0.1, 0.15) is 23.9 Å². The number of phenolic OH excluding ortho intramolecular Hbond substituents is 1. The number of likely N-dealkylation sites (N-methyl/N-ethyl adjacent to an activating group) is 1. The number of carbonyl (C=O) groups excluding carboxylic acids is 4. The van der Waals surface area contributed by atoms with Gasteiger partial charge in [0.15, 0.2) is 0 Å². The molecule has 1 saturated heterocycles. The van der Waals surface area contributed by atoms with Crippen molar-refractivity contribution in [2.75, 3.05) is 27.3 Å². The molecule has 7 rings (SSSR count). The number of phenols is 1. The van der Waals surface area contributed by atoms with Crippen molar-refractivity contribution in [2.24, 2.45) is 23.0 Å². The van der Waals surface area contributed by atoms with E-state index >= 15 is 0 Å². The molecule has 6 atom stereocenters. The molecule has 14 nitrogen and oxygen atoms in total. The first-order valence-electron chi connectivity index (χ1n) is 22.0. The third kappa shape index (κ3) is 8.95. The van der Waals surface area contributed by atoms with Crippen LogP contribution in [0.3, 0.4) is 0 Å². The maximum Gasteiger partial charge on any atom is 0.324 e. The maximum absolute atomic E-state index is 14.6. The molecule has 3 amide bonds. The zero-order valence-corrected chi connectivity index (χ0v) is 37.4. The number of aryl methyl sites for hydroxylation is 1. The van der Waals surface area contributed by atoms with Crippen LogP contribution >= 0.6 is 0 Å². The second kappa shape index (κ2) is 18.2. The molecule has 2 aliphatic heterocycles. The molecule has 3 aliphatic rings. The SMILES string of the molecule is CCn1c(-c2cccnc2[C@H](C)OC)c2c3cc(ccc31)-c1cc(O)cc(c1)C[C@H](NC(=O)C(C(C)C)N(C)C(=O)[C@H]1CC[C@@H]1N)C(=O)N1CCC[C@H](N1)C(=O)OCC(C)(C)C2. The predicted octanol–water partition coefficient (Wildman–Crippen LogP) is 5.67. The number of aromatic nitrogens is 2. The molecule has 2 aromatic heterocycles. The molecule has 2 fully saturated rings. The number of rotatable bonds is 9. The van der Waals surface area contributed by atoms with E-state index in [0.29, 0.717) is 44.3 Å². The highest BCUT2D eigenvalue weighted by Crippen LogP contribution is 2.42. The minimum absolute atomic E-state index is 0.00684. The fourth-order valence-corrected chi connectivity index (χ4v) is 9.48. The molecule has 1 aliphatic carbocycles. The van der Waals surface area contributed by atoms with Gasteiger partial charge in [-0.25, -0.2) is 5.43 Å². The van der Waals surface area contributed by atoms with Crippen LogP contribution in [-0.2, 0) is 48.0 Å². The van der Waals surface area contributed by atoms with Crippen molar-refractivity contribution in [3.8, 4) is 28.1 Å². The van der Waals surface area contributed by atoms with Crippen LogP contribution in [0.4, 0.5) is 0 Å². The molecule has 14 heteroatoms. The van der Waals surface area contributed by atoms with Crippen LogP contribution in [0.15, 0.2) is 54.7 Å². The Bertz CT molecular complexity index is 2340. The summed E-state index contributed by atoms with van der Waals surface area (Å²) in [6, 6.07) is 12.5. The molecular weight excluding hydrogens is 787 g/mol. The number of nitrogens with one attached hydrogen (secondary N) is 2. The lowest BCUT2D eigenvalue weighted by atomic mass is 9.79. The van der Waals surface area contributed by atoms with Crippen molar-refractivity contribution in [3.05, 3.63) is 71.5 Å². The Morgan fingerprint density at radius 1 is 1.10 bits per heavy atom. The van der Waals surface area contributed by atoms with Gasteiger partial charge in [0, 0.05) is 67.8 Å². The zero-order chi connectivity index (χ0) is 44.6. The molecule has 1 unspecified atom stereocenters. The summed E-state index contributed by atoms with van der Waals surface area (Å²) < 4.78 is 14.2. The van der Waals surface area contributed by atoms with E-state index in [4.69, 9.17) is 20.2 Å². The summed E-state index contributed by atoms with van der Waals surface area (Å²) >= 11 is 0. The molecule has 62 heavy (non-hydrogen) atoms. The molecule has 332 valence electrons. The Hall–Kier alpha value is -5.31. The fraction of sp³-hybridized carbons (Fsp3) is 0.521. The van der Waals surface area contributed by atoms with Gasteiger partial charge in [-0.15, -0.1) is 0 Å². The van der Waals surface area contributed by atoms with Crippen LogP contribution < -0.4 is 16.5 Å². The van der Waals surface area contributed by atoms with Gasteiger partial charge in [-0.05, 0) is 111 Å². The number of carbonyl (C=O) groups is 4.